The van der Waals surface area contributed by atoms with Crippen molar-refractivity contribution >= 4 is 27.7 Å². The van der Waals surface area contributed by atoms with Crippen molar-refractivity contribution in [2.24, 2.45) is 0 Å². The maximum atomic E-state index is 14.0. The van der Waals surface area contributed by atoms with E-state index in [2.05, 4.69) is 10.3 Å². The molecular weight excluding hydrogens is 469 g/mol. The summed E-state index contributed by atoms with van der Waals surface area (Å²) in [6.45, 7) is 3.23. The Morgan fingerprint density at radius 3 is 2.30 bits per heavy atom. The van der Waals surface area contributed by atoms with Gasteiger partial charge in [0.05, 0.1) is 11.9 Å². The van der Waals surface area contributed by atoms with E-state index < -0.39 is 45.1 Å². The van der Waals surface area contributed by atoms with Crippen LogP contribution in [0.5, 0.6) is 0 Å². The average Bonchev–Trinajstić information content (AvgIpc) is 2.71. The molecule has 1 amide bonds. The molecule has 0 spiro atoms. The number of halogens is 5. The Bertz CT molecular complexity index is 1140. The lowest BCUT2D eigenvalue weighted by Crippen LogP contribution is -2.21. The van der Waals surface area contributed by atoms with Gasteiger partial charge in [-0.25, -0.2) is 22.2 Å². The zero-order valence-electron chi connectivity index (χ0n) is 17.9. The number of rotatable bonds is 8. The lowest BCUT2D eigenvalue weighted by Gasteiger charge is -2.15. The standard InChI is InChI=1S/C21H22F5N3O3S/c1-4-12(2)19-14(5-7-17(28-19)21(24,25)26)6-8-18(30)27-11-13-9-15(22)20(16(23)10-13)29-33(3,31)32/h5-10,12,29H,4,11H2,1-3H3,(H,27,30)/b8-6-. The highest BCUT2D eigenvalue weighted by Gasteiger charge is 2.33. The van der Waals surface area contributed by atoms with Crippen LogP contribution in [0.15, 0.2) is 30.3 Å². The van der Waals surface area contributed by atoms with Gasteiger partial charge in [-0.1, -0.05) is 19.9 Å². The van der Waals surface area contributed by atoms with Crippen LogP contribution >= 0.6 is 0 Å². The first-order chi connectivity index (χ1) is 15.2. The molecule has 0 saturated heterocycles. The minimum absolute atomic E-state index is 0.0299. The van der Waals surface area contributed by atoms with Crippen molar-refractivity contribution in [1.82, 2.24) is 10.3 Å². The van der Waals surface area contributed by atoms with Gasteiger partial charge >= 0.3 is 6.18 Å². The van der Waals surface area contributed by atoms with Crippen molar-refractivity contribution in [1.29, 1.82) is 0 Å². The van der Waals surface area contributed by atoms with Crippen LogP contribution in [-0.2, 0) is 27.5 Å². The first kappa shape index (κ1) is 26.2. The number of amides is 1. The van der Waals surface area contributed by atoms with Crippen LogP contribution in [-0.4, -0.2) is 25.6 Å². The van der Waals surface area contributed by atoms with Crippen molar-refractivity contribution < 1.29 is 35.2 Å². The van der Waals surface area contributed by atoms with Crippen LogP contribution < -0.4 is 10.0 Å². The number of hydrogen-bond donors (Lipinski definition) is 2. The monoisotopic (exact) mass is 491 g/mol. The number of aromatic nitrogens is 1. The van der Waals surface area contributed by atoms with Gasteiger partial charge in [-0.3, -0.25) is 9.52 Å². The molecule has 0 radical (unpaired) electrons. The van der Waals surface area contributed by atoms with E-state index in [4.69, 9.17) is 0 Å². The molecule has 2 rings (SSSR count). The number of hydrogen-bond acceptors (Lipinski definition) is 4. The molecule has 0 saturated carbocycles. The molecule has 0 aliphatic rings. The Kier molecular flexibility index (Phi) is 8.17. The minimum Gasteiger partial charge on any atom is -0.348 e. The van der Waals surface area contributed by atoms with Crippen LogP contribution in [0.3, 0.4) is 0 Å². The van der Waals surface area contributed by atoms with E-state index in [1.165, 1.54) is 12.1 Å². The molecule has 2 aromatic rings. The Morgan fingerprint density at radius 2 is 1.79 bits per heavy atom. The van der Waals surface area contributed by atoms with Crippen molar-refractivity contribution in [3.05, 3.63) is 64.5 Å². The van der Waals surface area contributed by atoms with Crippen molar-refractivity contribution in [2.75, 3.05) is 11.0 Å². The topological polar surface area (TPSA) is 88.2 Å². The van der Waals surface area contributed by atoms with Gasteiger partial charge in [0.15, 0.2) is 11.6 Å². The van der Waals surface area contributed by atoms with Crippen LogP contribution in [0.2, 0.25) is 0 Å². The van der Waals surface area contributed by atoms with Gasteiger partial charge in [-0.2, -0.15) is 13.2 Å². The third kappa shape index (κ3) is 7.52. The Balaban J connectivity index is 2.15. The summed E-state index contributed by atoms with van der Waals surface area (Å²) in [4.78, 5) is 15.8. The first-order valence-corrected chi connectivity index (χ1v) is 11.6. The quantitative estimate of drug-likeness (QED) is 0.418. The second-order valence-electron chi connectivity index (χ2n) is 7.34. The Labute approximate surface area is 188 Å². The molecular formula is C21H22F5N3O3S. The molecule has 180 valence electrons. The van der Waals surface area contributed by atoms with E-state index in [0.717, 1.165) is 30.5 Å². The fraction of sp³-hybridized carbons (Fsp3) is 0.333. The molecule has 1 atom stereocenters. The summed E-state index contributed by atoms with van der Waals surface area (Å²) in [7, 11) is -3.89. The van der Waals surface area contributed by atoms with Crippen LogP contribution in [0.25, 0.3) is 6.08 Å². The number of nitrogens with zero attached hydrogens (tertiary/aromatic N) is 1. The van der Waals surface area contributed by atoms with Gasteiger partial charge in [0, 0.05) is 12.6 Å². The zero-order valence-corrected chi connectivity index (χ0v) is 18.7. The third-order valence-corrected chi connectivity index (χ3v) is 5.17. The zero-order chi connectivity index (χ0) is 25.0. The first-order valence-electron chi connectivity index (χ1n) is 9.71. The fourth-order valence-electron chi connectivity index (χ4n) is 2.80. The van der Waals surface area contributed by atoms with Crippen molar-refractivity contribution in [3.63, 3.8) is 0 Å². The number of alkyl halides is 3. The summed E-state index contributed by atoms with van der Waals surface area (Å²) < 4.78 is 91.1. The molecule has 1 unspecified atom stereocenters. The van der Waals surface area contributed by atoms with Gasteiger partial charge in [0.25, 0.3) is 0 Å². The largest absolute Gasteiger partial charge is 0.433 e. The highest BCUT2D eigenvalue weighted by atomic mass is 32.2. The molecule has 0 aliphatic heterocycles. The average molecular weight is 491 g/mol. The Hall–Kier alpha value is -3.02. The van der Waals surface area contributed by atoms with Crippen LogP contribution in [0.1, 0.15) is 48.7 Å². The van der Waals surface area contributed by atoms with Gasteiger partial charge < -0.3 is 5.32 Å². The molecule has 6 nitrogen and oxygen atoms in total. The molecule has 33 heavy (non-hydrogen) atoms. The highest BCUT2D eigenvalue weighted by Crippen LogP contribution is 2.31. The molecule has 12 heteroatoms. The Morgan fingerprint density at radius 1 is 1.18 bits per heavy atom. The summed E-state index contributed by atoms with van der Waals surface area (Å²) in [6.07, 6.45) is -0.945. The SMILES string of the molecule is CCC(C)c1nc(C(F)(F)F)ccc1/C=C\C(=O)NCc1cc(F)c(NS(C)(=O)=O)c(F)c1. The van der Waals surface area contributed by atoms with Crippen molar-refractivity contribution in [3.8, 4) is 0 Å². The molecule has 1 heterocycles. The van der Waals surface area contributed by atoms with E-state index in [9.17, 15) is 35.2 Å². The second kappa shape index (κ2) is 10.3. The lowest BCUT2D eigenvalue weighted by molar-refractivity contribution is -0.141. The number of pyridine rings is 1. The number of carbonyl (C=O) groups excluding carboxylic acids is 1. The number of anilines is 1. The minimum atomic E-state index is -4.60. The van der Waals surface area contributed by atoms with Crippen molar-refractivity contribution in [2.45, 2.75) is 38.9 Å². The molecule has 0 bridgehead atoms. The summed E-state index contributed by atoms with van der Waals surface area (Å²) in [5.74, 6) is -3.27. The predicted octanol–water partition coefficient (Wildman–Crippen LogP) is 4.59. The summed E-state index contributed by atoms with van der Waals surface area (Å²) in [5.41, 5.74) is -1.31. The van der Waals surface area contributed by atoms with Gasteiger partial charge in [-0.05, 0) is 47.7 Å². The summed E-state index contributed by atoms with van der Waals surface area (Å²) in [5, 5.41) is 2.39. The normalized spacial score (nSPS) is 13.2. The summed E-state index contributed by atoms with van der Waals surface area (Å²) in [6, 6.07) is 3.77. The van der Waals surface area contributed by atoms with Crippen LogP contribution in [0, 0.1) is 11.6 Å². The number of sulfonamides is 1. The van der Waals surface area contributed by atoms with Gasteiger partial charge in [-0.15, -0.1) is 0 Å². The van der Waals surface area contributed by atoms with E-state index in [1.807, 2.05) is 0 Å². The molecule has 0 fully saturated rings. The molecule has 0 aliphatic carbocycles. The molecule has 1 aromatic carbocycles. The maximum absolute atomic E-state index is 14.0. The predicted molar refractivity (Wildman–Crippen MR) is 114 cm³/mol. The summed E-state index contributed by atoms with van der Waals surface area (Å²) >= 11 is 0. The van der Waals surface area contributed by atoms with E-state index in [0.29, 0.717) is 12.0 Å². The second-order valence-corrected chi connectivity index (χ2v) is 9.09. The number of carbonyl (C=O) groups is 1. The molecule has 2 N–H and O–H groups in total. The third-order valence-electron chi connectivity index (χ3n) is 4.60. The van der Waals surface area contributed by atoms with E-state index >= 15 is 0 Å². The van der Waals surface area contributed by atoms with E-state index in [1.54, 1.807) is 18.6 Å². The number of nitrogens with one attached hydrogen (secondary N) is 2. The highest BCUT2D eigenvalue weighted by molar-refractivity contribution is 7.92. The molecule has 1 aromatic heterocycles. The maximum Gasteiger partial charge on any atom is 0.433 e. The fourth-order valence-corrected chi connectivity index (χ4v) is 3.36. The number of benzene rings is 1. The smallest absolute Gasteiger partial charge is 0.348 e. The van der Waals surface area contributed by atoms with Gasteiger partial charge in [0.1, 0.15) is 11.4 Å². The lowest BCUT2D eigenvalue weighted by atomic mass is 9.98. The van der Waals surface area contributed by atoms with Crippen LogP contribution in [0.4, 0.5) is 27.6 Å². The van der Waals surface area contributed by atoms with E-state index in [-0.39, 0.29) is 23.7 Å². The van der Waals surface area contributed by atoms with Gasteiger partial charge in [0.2, 0.25) is 15.9 Å².